The summed E-state index contributed by atoms with van der Waals surface area (Å²) in [6, 6.07) is 0. The van der Waals surface area contributed by atoms with Gasteiger partial charge >= 0.3 is 0 Å². The number of hydrogen-bond acceptors (Lipinski definition) is 1. The maximum absolute atomic E-state index is 11.5. The van der Waals surface area contributed by atoms with E-state index in [1.807, 2.05) is 4.90 Å². The highest BCUT2D eigenvalue weighted by Crippen LogP contribution is 2.20. The summed E-state index contributed by atoms with van der Waals surface area (Å²) < 4.78 is 0. The Morgan fingerprint density at radius 3 is 2.77 bits per heavy atom. The molecule has 0 aromatic carbocycles. The van der Waals surface area contributed by atoms with E-state index in [9.17, 15) is 4.79 Å². The van der Waals surface area contributed by atoms with Gasteiger partial charge in [-0.15, -0.1) is 0 Å². The van der Waals surface area contributed by atoms with Crippen molar-refractivity contribution in [2.75, 3.05) is 13.1 Å². The van der Waals surface area contributed by atoms with Crippen LogP contribution in [0, 0.1) is 11.8 Å². The van der Waals surface area contributed by atoms with E-state index in [4.69, 9.17) is 0 Å². The van der Waals surface area contributed by atoms with E-state index in [0.29, 0.717) is 11.8 Å². The maximum Gasteiger partial charge on any atom is 0.222 e. The molecule has 1 atom stereocenters. The SMILES string of the molecule is CCC1CCC(=O)N(CC(C)C)C1. The van der Waals surface area contributed by atoms with Gasteiger partial charge in [-0.2, -0.15) is 0 Å². The Balaban J connectivity index is 2.45. The Kier molecular flexibility index (Phi) is 3.76. The lowest BCUT2D eigenvalue weighted by atomic mass is 9.94. The topological polar surface area (TPSA) is 20.3 Å². The molecular weight excluding hydrogens is 162 g/mol. The van der Waals surface area contributed by atoms with E-state index in [0.717, 1.165) is 31.8 Å². The molecular formula is C11H21NO. The predicted octanol–water partition coefficient (Wildman–Crippen LogP) is 2.29. The molecule has 0 bridgehead atoms. The van der Waals surface area contributed by atoms with Gasteiger partial charge in [0.25, 0.3) is 0 Å². The Morgan fingerprint density at radius 1 is 1.54 bits per heavy atom. The molecule has 1 amide bonds. The van der Waals surface area contributed by atoms with Crippen molar-refractivity contribution in [3.63, 3.8) is 0 Å². The molecule has 0 aromatic heterocycles. The standard InChI is InChI=1S/C11H21NO/c1-4-10-5-6-11(13)12(8-10)7-9(2)3/h9-10H,4-8H2,1-3H3. The lowest BCUT2D eigenvalue weighted by molar-refractivity contribution is -0.135. The summed E-state index contributed by atoms with van der Waals surface area (Å²) in [5.74, 6) is 1.70. The normalized spacial score (nSPS) is 24.2. The first-order valence-electron chi connectivity index (χ1n) is 5.41. The largest absolute Gasteiger partial charge is 0.342 e. The molecule has 76 valence electrons. The fourth-order valence-electron chi connectivity index (χ4n) is 1.94. The third-order valence-electron chi connectivity index (χ3n) is 2.76. The summed E-state index contributed by atoms with van der Waals surface area (Å²) in [6.45, 7) is 8.49. The van der Waals surface area contributed by atoms with E-state index < -0.39 is 0 Å². The van der Waals surface area contributed by atoms with Crippen LogP contribution in [-0.2, 0) is 4.79 Å². The molecule has 1 rings (SSSR count). The Hall–Kier alpha value is -0.530. The first kappa shape index (κ1) is 10.6. The third-order valence-corrected chi connectivity index (χ3v) is 2.76. The molecule has 1 saturated heterocycles. The van der Waals surface area contributed by atoms with Gasteiger partial charge in [0, 0.05) is 19.5 Å². The fraction of sp³-hybridized carbons (Fsp3) is 0.909. The van der Waals surface area contributed by atoms with Gasteiger partial charge in [-0.05, 0) is 18.3 Å². The summed E-state index contributed by atoms with van der Waals surface area (Å²) >= 11 is 0. The number of amides is 1. The monoisotopic (exact) mass is 183 g/mol. The summed E-state index contributed by atoms with van der Waals surface area (Å²) in [7, 11) is 0. The number of carbonyl (C=O) groups is 1. The number of hydrogen-bond donors (Lipinski definition) is 0. The minimum Gasteiger partial charge on any atom is -0.342 e. The number of rotatable bonds is 3. The molecule has 1 fully saturated rings. The average molecular weight is 183 g/mol. The molecule has 0 aromatic rings. The van der Waals surface area contributed by atoms with Crippen LogP contribution in [0.2, 0.25) is 0 Å². The highest BCUT2D eigenvalue weighted by molar-refractivity contribution is 5.76. The summed E-state index contributed by atoms with van der Waals surface area (Å²) in [5, 5.41) is 0. The maximum atomic E-state index is 11.5. The van der Waals surface area contributed by atoms with Crippen LogP contribution in [0.5, 0.6) is 0 Å². The van der Waals surface area contributed by atoms with Gasteiger partial charge in [0.15, 0.2) is 0 Å². The van der Waals surface area contributed by atoms with Crippen molar-refractivity contribution >= 4 is 5.91 Å². The highest BCUT2D eigenvalue weighted by atomic mass is 16.2. The summed E-state index contributed by atoms with van der Waals surface area (Å²) in [4.78, 5) is 13.6. The van der Waals surface area contributed by atoms with Crippen molar-refractivity contribution in [3.05, 3.63) is 0 Å². The van der Waals surface area contributed by atoms with Crippen LogP contribution in [0.25, 0.3) is 0 Å². The average Bonchev–Trinajstić information content (AvgIpc) is 2.08. The quantitative estimate of drug-likeness (QED) is 0.657. The van der Waals surface area contributed by atoms with Crippen LogP contribution in [0.15, 0.2) is 0 Å². The molecule has 1 aliphatic rings. The second kappa shape index (κ2) is 4.64. The predicted molar refractivity (Wildman–Crippen MR) is 54.4 cm³/mol. The van der Waals surface area contributed by atoms with Gasteiger partial charge in [0.2, 0.25) is 5.91 Å². The zero-order valence-corrected chi connectivity index (χ0v) is 9.05. The van der Waals surface area contributed by atoms with Crippen molar-refractivity contribution in [3.8, 4) is 0 Å². The Bertz CT molecular complexity index is 177. The minimum absolute atomic E-state index is 0.360. The van der Waals surface area contributed by atoms with Crippen LogP contribution in [-0.4, -0.2) is 23.9 Å². The van der Waals surface area contributed by atoms with E-state index in [1.165, 1.54) is 6.42 Å². The van der Waals surface area contributed by atoms with Gasteiger partial charge in [0.05, 0.1) is 0 Å². The molecule has 13 heavy (non-hydrogen) atoms. The molecule has 0 spiro atoms. The smallest absolute Gasteiger partial charge is 0.222 e. The van der Waals surface area contributed by atoms with Gasteiger partial charge in [-0.1, -0.05) is 27.2 Å². The zero-order chi connectivity index (χ0) is 9.84. The number of nitrogens with zero attached hydrogens (tertiary/aromatic N) is 1. The first-order chi connectivity index (χ1) is 6.13. The summed E-state index contributed by atoms with van der Waals surface area (Å²) in [6.07, 6.45) is 3.08. The van der Waals surface area contributed by atoms with Crippen LogP contribution >= 0.6 is 0 Å². The van der Waals surface area contributed by atoms with Crippen LogP contribution in [0.1, 0.15) is 40.0 Å². The van der Waals surface area contributed by atoms with Gasteiger partial charge < -0.3 is 4.90 Å². The van der Waals surface area contributed by atoms with E-state index >= 15 is 0 Å². The van der Waals surface area contributed by atoms with E-state index in [2.05, 4.69) is 20.8 Å². The second-order valence-corrected chi connectivity index (χ2v) is 4.51. The van der Waals surface area contributed by atoms with Crippen molar-refractivity contribution in [2.24, 2.45) is 11.8 Å². The number of likely N-dealkylation sites (tertiary alicyclic amines) is 1. The van der Waals surface area contributed by atoms with E-state index in [1.54, 1.807) is 0 Å². The summed E-state index contributed by atoms with van der Waals surface area (Å²) in [5.41, 5.74) is 0. The van der Waals surface area contributed by atoms with Gasteiger partial charge in [-0.25, -0.2) is 0 Å². The minimum atomic E-state index is 0.360. The first-order valence-corrected chi connectivity index (χ1v) is 5.41. The molecule has 1 heterocycles. The molecule has 0 saturated carbocycles. The lowest BCUT2D eigenvalue weighted by Gasteiger charge is -2.33. The molecule has 2 heteroatoms. The Labute approximate surface area is 81.3 Å². The third kappa shape index (κ3) is 3.02. The number of piperidine rings is 1. The number of carbonyl (C=O) groups excluding carboxylic acids is 1. The fourth-order valence-corrected chi connectivity index (χ4v) is 1.94. The molecule has 0 radical (unpaired) electrons. The van der Waals surface area contributed by atoms with Gasteiger partial charge in [0.1, 0.15) is 0 Å². The van der Waals surface area contributed by atoms with Crippen molar-refractivity contribution in [1.82, 2.24) is 4.90 Å². The molecule has 1 aliphatic heterocycles. The van der Waals surface area contributed by atoms with Crippen LogP contribution < -0.4 is 0 Å². The van der Waals surface area contributed by atoms with Gasteiger partial charge in [-0.3, -0.25) is 4.79 Å². The molecule has 1 unspecified atom stereocenters. The lowest BCUT2D eigenvalue weighted by Crippen LogP contribution is -2.41. The van der Waals surface area contributed by atoms with Crippen molar-refractivity contribution in [2.45, 2.75) is 40.0 Å². The molecule has 0 N–H and O–H groups in total. The highest BCUT2D eigenvalue weighted by Gasteiger charge is 2.24. The molecule has 0 aliphatic carbocycles. The van der Waals surface area contributed by atoms with E-state index in [-0.39, 0.29) is 0 Å². The van der Waals surface area contributed by atoms with Crippen LogP contribution in [0.3, 0.4) is 0 Å². The zero-order valence-electron chi connectivity index (χ0n) is 9.05. The van der Waals surface area contributed by atoms with Crippen molar-refractivity contribution < 1.29 is 4.79 Å². The van der Waals surface area contributed by atoms with Crippen molar-refractivity contribution in [1.29, 1.82) is 0 Å². The Morgan fingerprint density at radius 2 is 2.23 bits per heavy atom. The molecule has 2 nitrogen and oxygen atoms in total. The van der Waals surface area contributed by atoms with Crippen LogP contribution in [0.4, 0.5) is 0 Å². The second-order valence-electron chi connectivity index (χ2n) is 4.51.